The molecule has 0 nitrogen and oxygen atoms in total. The number of hydrogen-bond donors (Lipinski definition) is 0. The molecular formula is C6H3F5Sn. The van der Waals surface area contributed by atoms with Crippen molar-refractivity contribution in [1.29, 1.82) is 0 Å². The van der Waals surface area contributed by atoms with Crippen molar-refractivity contribution in [3.8, 4) is 0 Å². The first-order valence-electron chi connectivity index (χ1n) is 2.94. The van der Waals surface area contributed by atoms with Gasteiger partial charge in [-0.1, -0.05) is 0 Å². The Morgan fingerprint density at radius 2 is 0.833 bits per heavy atom. The molecule has 0 bridgehead atoms. The van der Waals surface area contributed by atoms with E-state index in [9.17, 15) is 22.0 Å². The molecule has 0 aliphatic rings. The molecule has 0 radical (unpaired) electrons. The Morgan fingerprint density at radius 1 is 0.583 bits per heavy atom. The molecule has 0 heterocycles. The zero-order valence-corrected chi connectivity index (χ0v) is 11.6. The quantitative estimate of drug-likeness (QED) is 0.280. The van der Waals surface area contributed by atoms with E-state index in [4.69, 9.17) is 0 Å². The molecule has 0 N–H and O–H groups in total. The van der Waals surface area contributed by atoms with Gasteiger partial charge in [0, 0.05) is 0 Å². The van der Waals surface area contributed by atoms with Crippen molar-refractivity contribution in [1.82, 2.24) is 0 Å². The summed E-state index contributed by atoms with van der Waals surface area (Å²) in [6.45, 7) is 0. The van der Waals surface area contributed by atoms with Crippen LogP contribution in [0.2, 0.25) is 0 Å². The Hall–Kier alpha value is -0.331. The van der Waals surface area contributed by atoms with Crippen LogP contribution < -0.4 is 3.58 Å². The van der Waals surface area contributed by atoms with E-state index in [2.05, 4.69) is 0 Å². The van der Waals surface area contributed by atoms with Crippen molar-refractivity contribution >= 4 is 26.1 Å². The fourth-order valence-electron chi connectivity index (χ4n) is 0.715. The molecule has 0 atom stereocenters. The van der Waals surface area contributed by atoms with Crippen molar-refractivity contribution in [3.63, 3.8) is 0 Å². The Labute approximate surface area is 77.5 Å². The molecule has 0 amide bonds. The number of rotatable bonds is 0. The summed E-state index contributed by atoms with van der Waals surface area (Å²) < 4.78 is 61.1. The molecular weight excluding hydrogens is 286 g/mol. The molecule has 0 saturated carbocycles. The van der Waals surface area contributed by atoms with E-state index in [0.29, 0.717) is 0 Å². The van der Waals surface area contributed by atoms with Gasteiger partial charge in [-0.15, -0.1) is 0 Å². The summed E-state index contributed by atoms with van der Waals surface area (Å²) in [6, 6.07) is 0. The summed E-state index contributed by atoms with van der Waals surface area (Å²) in [6.07, 6.45) is 0. The second-order valence-electron chi connectivity index (χ2n) is 2.19. The van der Waals surface area contributed by atoms with Crippen LogP contribution in [0.5, 0.6) is 0 Å². The third kappa shape index (κ3) is 1.30. The maximum atomic E-state index is 12.5. The molecule has 0 saturated heterocycles. The standard InChI is InChI=1S/C6F5.Sn.3H/c7-2-1-3(8)5(10)6(11)4(2)9;;;;. The van der Waals surface area contributed by atoms with Gasteiger partial charge in [0.2, 0.25) is 0 Å². The topological polar surface area (TPSA) is 0 Å². The Kier molecular flexibility index (Phi) is 2.60. The van der Waals surface area contributed by atoms with Gasteiger partial charge in [0.25, 0.3) is 0 Å². The maximum absolute atomic E-state index is 12.5. The van der Waals surface area contributed by atoms with E-state index < -0.39 is 55.2 Å². The zero-order chi connectivity index (χ0) is 9.46. The number of hydrogen-bond acceptors (Lipinski definition) is 0. The van der Waals surface area contributed by atoms with Gasteiger partial charge in [-0.2, -0.15) is 0 Å². The summed E-state index contributed by atoms with van der Waals surface area (Å²) in [4.78, 5) is 0. The molecule has 1 rings (SSSR count). The van der Waals surface area contributed by atoms with Crippen LogP contribution in [0.25, 0.3) is 0 Å². The molecule has 1 aromatic rings. The molecule has 12 heavy (non-hydrogen) atoms. The fraction of sp³-hybridized carbons (Fsp3) is 0. The van der Waals surface area contributed by atoms with Crippen molar-refractivity contribution in [2.45, 2.75) is 0 Å². The van der Waals surface area contributed by atoms with Crippen LogP contribution in [-0.4, -0.2) is 22.5 Å². The van der Waals surface area contributed by atoms with E-state index in [0.717, 1.165) is 0 Å². The van der Waals surface area contributed by atoms with Crippen molar-refractivity contribution < 1.29 is 22.0 Å². The Morgan fingerprint density at radius 3 is 1.17 bits per heavy atom. The molecule has 0 aliphatic carbocycles. The van der Waals surface area contributed by atoms with E-state index in [1.807, 2.05) is 0 Å². The molecule has 0 fully saturated rings. The number of benzene rings is 1. The van der Waals surface area contributed by atoms with Gasteiger partial charge >= 0.3 is 77.1 Å². The predicted octanol–water partition coefficient (Wildman–Crippen LogP) is 0.373. The predicted molar refractivity (Wildman–Crippen MR) is 35.8 cm³/mol. The van der Waals surface area contributed by atoms with Crippen LogP contribution in [0, 0.1) is 29.1 Å². The number of halogens is 5. The molecule has 0 unspecified atom stereocenters. The average Bonchev–Trinajstić information content (AvgIpc) is 2.08. The van der Waals surface area contributed by atoms with E-state index in [1.165, 1.54) is 0 Å². The first kappa shape index (κ1) is 9.75. The molecule has 1 aromatic carbocycles. The summed E-state index contributed by atoms with van der Waals surface area (Å²) in [5.41, 5.74) is 0. The van der Waals surface area contributed by atoms with Crippen LogP contribution in [-0.2, 0) is 0 Å². The van der Waals surface area contributed by atoms with Gasteiger partial charge in [0.05, 0.1) is 0 Å². The van der Waals surface area contributed by atoms with Crippen LogP contribution >= 0.6 is 0 Å². The van der Waals surface area contributed by atoms with Crippen molar-refractivity contribution in [2.24, 2.45) is 0 Å². The first-order valence-corrected chi connectivity index (χ1v) is 5.80. The first-order chi connectivity index (χ1) is 5.46. The Balaban J connectivity index is 3.60. The second kappa shape index (κ2) is 3.19. The zero-order valence-electron chi connectivity index (χ0n) is 5.89. The van der Waals surface area contributed by atoms with E-state index >= 15 is 0 Å². The van der Waals surface area contributed by atoms with E-state index in [-0.39, 0.29) is 0 Å². The van der Waals surface area contributed by atoms with Crippen molar-refractivity contribution in [2.75, 3.05) is 0 Å². The van der Waals surface area contributed by atoms with Gasteiger partial charge in [0.1, 0.15) is 0 Å². The third-order valence-corrected chi connectivity index (χ3v) is 3.94. The minimum atomic E-state index is -2.10. The minimum absolute atomic E-state index is 0.659. The van der Waals surface area contributed by atoms with Crippen LogP contribution in [0.1, 0.15) is 0 Å². The molecule has 0 aromatic heterocycles. The SMILES string of the molecule is Fc1c(F)c(F)[c]([SnH3])c(F)c1F. The van der Waals surface area contributed by atoms with Crippen molar-refractivity contribution in [3.05, 3.63) is 29.1 Å². The normalized spacial score (nSPS) is 10.8. The second-order valence-corrected chi connectivity index (χ2v) is 5.05. The fourth-order valence-corrected chi connectivity index (χ4v) is 1.97. The summed E-state index contributed by atoms with van der Waals surface area (Å²) >= 11 is -0.755. The van der Waals surface area contributed by atoms with Gasteiger partial charge < -0.3 is 0 Å². The van der Waals surface area contributed by atoms with Gasteiger partial charge in [-0.05, 0) is 0 Å². The van der Waals surface area contributed by atoms with Crippen LogP contribution in [0.15, 0.2) is 0 Å². The van der Waals surface area contributed by atoms with Gasteiger partial charge in [-0.3, -0.25) is 0 Å². The average molecular weight is 289 g/mol. The van der Waals surface area contributed by atoms with Gasteiger partial charge in [0.15, 0.2) is 0 Å². The molecule has 66 valence electrons. The summed E-state index contributed by atoms with van der Waals surface area (Å²) in [5.74, 6) is -9.20. The van der Waals surface area contributed by atoms with Gasteiger partial charge in [-0.25, -0.2) is 0 Å². The van der Waals surface area contributed by atoms with Crippen LogP contribution in [0.3, 0.4) is 0 Å². The molecule has 0 aliphatic heterocycles. The molecule has 6 heteroatoms. The summed E-state index contributed by atoms with van der Waals surface area (Å²) in [5, 5.41) is 0. The van der Waals surface area contributed by atoms with Crippen LogP contribution in [0.4, 0.5) is 22.0 Å². The monoisotopic (exact) mass is 290 g/mol. The van der Waals surface area contributed by atoms with E-state index in [1.54, 1.807) is 0 Å². The summed E-state index contributed by atoms with van der Waals surface area (Å²) in [7, 11) is 0. The Bertz CT molecular complexity index is 230. The molecule has 0 spiro atoms. The third-order valence-electron chi connectivity index (χ3n) is 1.43.